The zero-order valence-corrected chi connectivity index (χ0v) is 6.83. The summed E-state index contributed by atoms with van der Waals surface area (Å²) < 4.78 is 22.1. The van der Waals surface area contributed by atoms with Gasteiger partial charge in [-0.15, -0.1) is 5.10 Å². The standard InChI is InChI=1S/C5H8BrN3O/c1-3(10)4-7-5(6)8-9(4)2/h3,10H,1-2H3/i2D3. The Morgan fingerprint density at radius 3 is 3.00 bits per heavy atom. The van der Waals surface area contributed by atoms with E-state index in [9.17, 15) is 5.11 Å². The van der Waals surface area contributed by atoms with Crippen molar-refractivity contribution in [2.24, 2.45) is 6.98 Å². The van der Waals surface area contributed by atoms with Gasteiger partial charge in [0.1, 0.15) is 6.10 Å². The summed E-state index contributed by atoms with van der Waals surface area (Å²) in [7, 11) is 0. The number of hydrogen-bond acceptors (Lipinski definition) is 3. The van der Waals surface area contributed by atoms with Gasteiger partial charge in [-0.3, -0.25) is 0 Å². The van der Waals surface area contributed by atoms with E-state index < -0.39 is 13.1 Å². The quantitative estimate of drug-likeness (QED) is 0.737. The lowest BCUT2D eigenvalue weighted by atomic mass is 10.4. The van der Waals surface area contributed by atoms with Gasteiger partial charge in [-0.25, -0.2) is 9.67 Å². The van der Waals surface area contributed by atoms with Gasteiger partial charge in [0.15, 0.2) is 5.82 Å². The molecule has 1 rings (SSSR count). The minimum absolute atomic E-state index is 0.0203. The lowest BCUT2D eigenvalue weighted by molar-refractivity contribution is 0.184. The highest BCUT2D eigenvalue weighted by molar-refractivity contribution is 9.10. The maximum absolute atomic E-state index is 9.19. The van der Waals surface area contributed by atoms with Gasteiger partial charge < -0.3 is 5.11 Å². The molecule has 0 saturated heterocycles. The lowest BCUT2D eigenvalue weighted by Gasteiger charge is -1.99. The number of aryl methyl sites for hydroxylation is 1. The molecule has 0 spiro atoms. The number of nitrogens with zero attached hydrogens (tertiary/aromatic N) is 3. The fourth-order valence-electron chi connectivity index (χ4n) is 0.568. The van der Waals surface area contributed by atoms with Crippen LogP contribution >= 0.6 is 15.9 Å². The summed E-state index contributed by atoms with van der Waals surface area (Å²) >= 11 is 2.94. The Morgan fingerprint density at radius 1 is 1.90 bits per heavy atom. The molecule has 4 nitrogen and oxygen atoms in total. The van der Waals surface area contributed by atoms with E-state index in [4.69, 9.17) is 4.11 Å². The summed E-state index contributed by atoms with van der Waals surface area (Å²) in [5, 5.41) is 12.8. The van der Waals surface area contributed by atoms with Crippen molar-refractivity contribution < 1.29 is 9.22 Å². The Kier molecular flexibility index (Phi) is 1.19. The topological polar surface area (TPSA) is 50.9 Å². The van der Waals surface area contributed by atoms with E-state index >= 15 is 0 Å². The molecule has 1 aromatic heterocycles. The molecule has 1 aromatic rings. The van der Waals surface area contributed by atoms with Gasteiger partial charge in [0.05, 0.1) is 0 Å². The van der Waals surface area contributed by atoms with Crippen molar-refractivity contribution in [3.8, 4) is 0 Å². The third-order valence-electron chi connectivity index (χ3n) is 0.980. The number of aliphatic hydroxyl groups is 1. The van der Waals surface area contributed by atoms with E-state index in [-0.39, 0.29) is 10.6 Å². The molecular weight excluding hydrogens is 198 g/mol. The third kappa shape index (κ3) is 1.35. The van der Waals surface area contributed by atoms with Gasteiger partial charge in [0.2, 0.25) is 4.73 Å². The average Bonchev–Trinajstić information content (AvgIpc) is 2.29. The summed E-state index contributed by atoms with van der Waals surface area (Å²) in [6.45, 7) is -0.982. The van der Waals surface area contributed by atoms with Gasteiger partial charge in [-0.1, -0.05) is 0 Å². The number of halogens is 1. The van der Waals surface area contributed by atoms with Gasteiger partial charge in [0.25, 0.3) is 0 Å². The molecule has 1 N–H and O–H groups in total. The van der Waals surface area contributed by atoms with Crippen LogP contribution in [0.15, 0.2) is 4.73 Å². The summed E-state index contributed by atoms with van der Waals surface area (Å²) in [6, 6.07) is 0. The number of hydrogen-bond donors (Lipinski definition) is 1. The number of aliphatic hydroxyl groups excluding tert-OH is 1. The molecule has 0 saturated carbocycles. The summed E-state index contributed by atoms with van der Waals surface area (Å²) in [4.78, 5) is 3.74. The molecule has 0 aliphatic rings. The maximum Gasteiger partial charge on any atom is 0.217 e. The SMILES string of the molecule is [2H]C([2H])([2H])n1nc(Br)nc1C(C)O. The van der Waals surface area contributed by atoms with Crippen LogP contribution in [0.25, 0.3) is 0 Å². The predicted molar refractivity (Wildman–Crippen MR) is 39.3 cm³/mol. The van der Waals surface area contributed by atoms with E-state index in [1.54, 1.807) is 0 Å². The minimum Gasteiger partial charge on any atom is -0.385 e. The number of rotatable bonds is 1. The third-order valence-corrected chi connectivity index (χ3v) is 1.32. The molecule has 10 heavy (non-hydrogen) atoms. The first kappa shape index (κ1) is 4.46. The Balaban J connectivity index is 3.20. The van der Waals surface area contributed by atoms with Gasteiger partial charge >= 0.3 is 0 Å². The molecule has 1 unspecified atom stereocenters. The molecule has 0 radical (unpaired) electrons. The highest BCUT2D eigenvalue weighted by Gasteiger charge is 2.08. The van der Waals surface area contributed by atoms with Crippen LogP contribution < -0.4 is 0 Å². The number of aromatic nitrogens is 3. The van der Waals surface area contributed by atoms with E-state index in [0.717, 1.165) is 4.68 Å². The second-order valence-electron chi connectivity index (χ2n) is 1.83. The van der Waals surface area contributed by atoms with Crippen LogP contribution in [0.5, 0.6) is 0 Å². The van der Waals surface area contributed by atoms with Crippen molar-refractivity contribution >= 4 is 15.9 Å². The molecule has 0 amide bonds. The zero-order chi connectivity index (χ0) is 10.2. The van der Waals surface area contributed by atoms with Crippen LogP contribution in [-0.4, -0.2) is 19.9 Å². The molecule has 0 bridgehead atoms. The average molecular weight is 209 g/mol. The van der Waals surface area contributed by atoms with Crippen molar-refractivity contribution in [1.82, 2.24) is 14.8 Å². The van der Waals surface area contributed by atoms with Crippen LogP contribution in [0, 0.1) is 0 Å². The van der Waals surface area contributed by atoms with Gasteiger partial charge in [0, 0.05) is 11.1 Å². The van der Waals surface area contributed by atoms with E-state index in [1.807, 2.05) is 0 Å². The van der Waals surface area contributed by atoms with Crippen molar-refractivity contribution in [2.75, 3.05) is 0 Å². The molecule has 0 fully saturated rings. The predicted octanol–water partition coefficient (Wildman–Crippen LogP) is 0.631. The summed E-state index contributed by atoms with van der Waals surface area (Å²) in [5.74, 6) is 0.0203. The normalized spacial score (nSPS) is 19.3. The zero-order valence-electron chi connectivity index (χ0n) is 8.24. The summed E-state index contributed by atoms with van der Waals surface area (Å²) in [5.41, 5.74) is 0. The molecule has 1 atom stereocenters. The van der Waals surface area contributed by atoms with Crippen LogP contribution in [0.1, 0.15) is 23.0 Å². The van der Waals surface area contributed by atoms with Gasteiger partial charge in [-0.2, -0.15) is 0 Å². The van der Waals surface area contributed by atoms with Crippen molar-refractivity contribution in [1.29, 1.82) is 0 Å². The monoisotopic (exact) mass is 208 g/mol. The van der Waals surface area contributed by atoms with Crippen molar-refractivity contribution in [3.05, 3.63) is 10.6 Å². The van der Waals surface area contributed by atoms with Gasteiger partial charge in [-0.05, 0) is 22.9 Å². The molecule has 56 valence electrons. The van der Waals surface area contributed by atoms with Crippen LogP contribution in [0.3, 0.4) is 0 Å². The Hall–Kier alpha value is -0.420. The fourth-order valence-corrected chi connectivity index (χ4v) is 0.909. The van der Waals surface area contributed by atoms with E-state index in [2.05, 4.69) is 26.0 Å². The highest BCUT2D eigenvalue weighted by Crippen LogP contribution is 2.10. The Bertz CT molecular complexity index is 308. The maximum atomic E-state index is 9.19. The molecule has 0 aliphatic heterocycles. The fraction of sp³-hybridized carbons (Fsp3) is 0.600. The molecule has 0 aromatic carbocycles. The molecular formula is C5H8BrN3O. The summed E-state index contributed by atoms with van der Waals surface area (Å²) in [6.07, 6.45) is -0.959. The first-order chi connectivity index (χ1) is 5.82. The minimum atomic E-state index is -2.41. The van der Waals surface area contributed by atoms with Crippen LogP contribution in [0.2, 0.25) is 0 Å². The second-order valence-corrected chi connectivity index (χ2v) is 2.54. The molecule has 0 aliphatic carbocycles. The highest BCUT2D eigenvalue weighted by atomic mass is 79.9. The van der Waals surface area contributed by atoms with E-state index in [1.165, 1.54) is 6.92 Å². The lowest BCUT2D eigenvalue weighted by Crippen LogP contribution is -2.02. The smallest absolute Gasteiger partial charge is 0.217 e. The molecule has 5 heteroatoms. The Labute approximate surface area is 71.2 Å². The van der Waals surface area contributed by atoms with Crippen molar-refractivity contribution in [2.45, 2.75) is 13.0 Å². The Morgan fingerprint density at radius 2 is 2.60 bits per heavy atom. The van der Waals surface area contributed by atoms with Crippen LogP contribution in [-0.2, 0) is 6.98 Å². The first-order valence-corrected chi connectivity index (χ1v) is 3.42. The largest absolute Gasteiger partial charge is 0.385 e. The van der Waals surface area contributed by atoms with Crippen molar-refractivity contribution in [3.63, 3.8) is 0 Å². The van der Waals surface area contributed by atoms with Crippen LogP contribution in [0.4, 0.5) is 0 Å². The first-order valence-electron chi connectivity index (χ1n) is 4.13. The molecule has 1 heterocycles. The van der Waals surface area contributed by atoms with E-state index in [0.29, 0.717) is 0 Å². The second kappa shape index (κ2) is 2.67.